The molecular formula is C18H24N2O3S2. The Hall–Kier alpha value is -1.70. The molecule has 0 aliphatic carbocycles. The molecule has 0 aliphatic heterocycles. The Kier molecular flexibility index (Phi) is 6.75. The number of nitrogens with one attached hydrogen (secondary N) is 2. The molecule has 136 valence electrons. The largest absolute Gasteiger partial charge is 0.351 e. The molecule has 7 heteroatoms. The molecule has 1 unspecified atom stereocenters. The van der Waals surface area contributed by atoms with E-state index in [1.807, 2.05) is 38.1 Å². The fraction of sp³-hybridized carbons (Fsp3) is 0.389. The molecule has 0 aliphatic rings. The van der Waals surface area contributed by atoms with E-state index in [2.05, 4.69) is 17.0 Å². The average molecular weight is 381 g/mol. The van der Waals surface area contributed by atoms with Crippen molar-refractivity contribution in [3.63, 3.8) is 0 Å². The summed E-state index contributed by atoms with van der Waals surface area (Å²) in [6.45, 7) is 6.09. The van der Waals surface area contributed by atoms with Crippen molar-refractivity contribution in [2.45, 2.75) is 44.0 Å². The molecule has 0 saturated heterocycles. The number of carbonyl (C=O) groups is 1. The van der Waals surface area contributed by atoms with Crippen LogP contribution in [-0.4, -0.2) is 20.4 Å². The van der Waals surface area contributed by atoms with Gasteiger partial charge in [-0.05, 0) is 34.9 Å². The van der Waals surface area contributed by atoms with Gasteiger partial charge in [0.05, 0.1) is 0 Å². The molecule has 1 aromatic heterocycles. The van der Waals surface area contributed by atoms with Crippen LogP contribution in [0.3, 0.4) is 0 Å². The van der Waals surface area contributed by atoms with Gasteiger partial charge in [-0.3, -0.25) is 4.79 Å². The van der Waals surface area contributed by atoms with E-state index in [-0.39, 0.29) is 16.0 Å². The molecule has 1 amide bonds. The minimum atomic E-state index is -3.69. The van der Waals surface area contributed by atoms with Gasteiger partial charge in [0.15, 0.2) is 0 Å². The Morgan fingerprint density at radius 1 is 1.12 bits per heavy atom. The molecule has 0 spiro atoms. The van der Waals surface area contributed by atoms with Crippen LogP contribution in [0.25, 0.3) is 0 Å². The molecule has 2 rings (SSSR count). The Bertz CT molecular complexity index is 782. The molecule has 0 bridgehead atoms. The van der Waals surface area contributed by atoms with Gasteiger partial charge in [-0.15, -0.1) is 11.3 Å². The number of hydrogen-bond donors (Lipinski definition) is 2. The first-order valence-electron chi connectivity index (χ1n) is 8.25. The Balaban J connectivity index is 2.02. The number of carbonyl (C=O) groups excluding carboxylic acids is 1. The average Bonchev–Trinajstić information content (AvgIpc) is 3.13. The van der Waals surface area contributed by atoms with Gasteiger partial charge in [-0.2, -0.15) is 4.72 Å². The molecule has 0 radical (unpaired) electrons. The molecule has 0 saturated carbocycles. The zero-order valence-corrected chi connectivity index (χ0v) is 16.3. The lowest BCUT2D eigenvalue weighted by molar-refractivity contribution is -0.123. The van der Waals surface area contributed by atoms with Gasteiger partial charge in [-0.1, -0.05) is 51.1 Å². The van der Waals surface area contributed by atoms with Crippen LogP contribution in [-0.2, 0) is 27.8 Å². The highest BCUT2D eigenvalue weighted by Crippen LogP contribution is 2.17. The number of hydrogen-bond acceptors (Lipinski definition) is 4. The third-order valence-electron chi connectivity index (χ3n) is 3.89. The van der Waals surface area contributed by atoms with Gasteiger partial charge in [0.2, 0.25) is 5.91 Å². The smallest absolute Gasteiger partial charge is 0.250 e. The lowest BCUT2D eigenvalue weighted by Gasteiger charge is -2.21. The van der Waals surface area contributed by atoms with Crippen LogP contribution in [0.5, 0.6) is 0 Å². The molecular weight excluding hydrogens is 356 g/mol. The van der Waals surface area contributed by atoms with Crippen LogP contribution in [0.2, 0.25) is 0 Å². The summed E-state index contributed by atoms with van der Waals surface area (Å²) >= 11 is 1.13. The molecule has 0 fully saturated rings. The maximum atomic E-state index is 12.5. The number of rotatable bonds is 8. The Morgan fingerprint density at radius 3 is 2.28 bits per heavy atom. The Labute approximate surface area is 153 Å². The summed E-state index contributed by atoms with van der Waals surface area (Å²) in [4.78, 5) is 12.5. The minimum Gasteiger partial charge on any atom is -0.351 e. The van der Waals surface area contributed by atoms with Crippen LogP contribution in [0.15, 0.2) is 46.0 Å². The molecule has 1 atom stereocenters. The lowest BCUT2D eigenvalue weighted by Crippen LogP contribution is -2.49. The first-order chi connectivity index (χ1) is 11.8. The van der Waals surface area contributed by atoms with E-state index < -0.39 is 16.1 Å². The molecule has 1 heterocycles. The van der Waals surface area contributed by atoms with Gasteiger partial charge in [0, 0.05) is 6.54 Å². The van der Waals surface area contributed by atoms with Crippen LogP contribution < -0.4 is 10.0 Å². The summed E-state index contributed by atoms with van der Waals surface area (Å²) in [7, 11) is -3.69. The fourth-order valence-electron chi connectivity index (χ4n) is 2.33. The maximum absolute atomic E-state index is 12.5. The van der Waals surface area contributed by atoms with E-state index in [1.54, 1.807) is 11.4 Å². The van der Waals surface area contributed by atoms with Crippen molar-refractivity contribution in [2.24, 2.45) is 5.92 Å². The molecule has 5 nitrogen and oxygen atoms in total. The van der Waals surface area contributed by atoms with Crippen LogP contribution in [0, 0.1) is 5.92 Å². The van der Waals surface area contributed by atoms with Crippen molar-refractivity contribution in [2.75, 3.05) is 0 Å². The monoisotopic (exact) mass is 380 g/mol. The highest BCUT2D eigenvalue weighted by atomic mass is 32.2. The zero-order valence-electron chi connectivity index (χ0n) is 14.7. The van der Waals surface area contributed by atoms with Crippen molar-refractivity contribution in [3.8, 4) is 0 Å². The number of aryl methyl sites for hydroxylation is 1. The van der Waals surface area contributed by atoms with Gasteiger partial charge in [-0.25, -0.2) is 8.42 Å². The van der Waals surface area contributed by atoms with Crippen LogP contribution >= 0.6 is 11.3 Å². The fourth-order valence-corrected chi connectivity index (χ4v) is 4.68. The summed E-state index contributed by atoms with van der Waals surface area (Å²) in [6.07, 6.45) is 0.965. The summed E-state index contributed by atoms with van der Waals surface area (Å²) in [5.41, 5.74) is 2.22. The first kappa shape index (κ1) is 19.6. The van der Waals surface area contributed by atoms with Gasteiger partial charge >= 0.3 is 0 Å². The maximum Gasteiger partial charge on any atom is 0.250 e. The van der Waals surface area contributed by atoms with E-state index in [1.165, 1.54) is 11.6 Å². The number of amides is 1. The minimum absolute atomic E-state index is 0.169. The zero-order chi connectivity index (χ0) is 18.4. The van der Waals surface area contributed by atoms with Gasteiger partial charge < -0.3 is 5.32 Å². The second-order valence-corrected chi connectivity index (χ2v) is 9.05. The number of thiophene rings is 1. The van der Waals surface area contributed by atoms with E-state index in [9.17, 15) is 13.2 Å². The summed E-state index contributed by atoms with van der Waals surface area (Å²) < 4.78 is 27.5. The topological polar surface area (TPSA) is 75.3 Å². The first-order valence-corrected chi connectivity index (χ1v) is 10.6. The molecule has 1 aromatic carbocycles. The van der Waals surface area contributed by atoms with Crippen molar-refractivity contribution in [1.82, 2.24) is 10.0 Å². The third-order valence-corrected chi connectivity index (χ3v) is 6.73. The van der Waals surface area contributed by atoms with Gasteiger partial charge in [0.25, 0.3) is 10.0 Å². The second kappa shape index (κ2) is 8.60. The standard InChI is InChI=1S/C18H24N2O3S2/c1-4-14-7-9-15(10-8-14)12-19-18(21)17(13(2)3)20-25(22,23)16-6-5-11-24-16/h5-11,13,17,20H,4,12H2,1-3H3,(H,19,21). The summed E-state index contributed by atoms with van der Waals surface area (Å²) in [6, 6.07) is 10.4. The lowest BCUT2D eigenvalue weighted by atomic mass is 10.0. The second-order valence-electron chi connectivity index (χ2n) is 6.16. The highest BCUT2D eigenvalue weighted by molar-refractivity contribution is 7.91. The summed E-state index contributed by atoms with van der Waals surface area (Å²) in [5.74, 6) is -0.494. The normalized spacial score (nSPS) is 13.0. The van der Waals surface area contributed by atoms with Crippen LogP contribution in [0.4, 0.5) is 0 Å². The Morgan fingerprint density at radius 2 is 1.76 bits per heavy atom. The van der Waals surface area contributed by atoms with E-state index in [0.29, 0.717) is 6.54 Å². The van der Waals surface area contributed by atoms with Crippen molar-refractivity contribution >= 4 is 27.3 Å². The van der Waals surface area contributed by atoms with E-state index in [0.717, 1.165) is 23.3 Å². The van der Waals surface area contributed by atoms with Crippen molar-refractivity contribution in [1.29, 1.82) is 0 Å². The predicted molar refractivity (Wildman–Crippen MR) is 101 cm³/mol. The van der Waals surface area contributed by atoms with Gasteiger partial charge in [0.1, 0.15) is 10.3 Å². The van der Waals surface area contributed by atoms with Crippen molar-refractivity contribution in [3.05, 3.63) is 52.9 Å². The van der Waals surface area contributed by atoms with Crippen molar-refractivity contribution < 1.29 is 13.2 Å². The molecule has 2 aromatic rings. The van der Waals surface area contributed by atoms with E-state index in [4.69, 9.17) is 0 Å². The molecule has 2 N–H and O–H groups in total. The third kappa shape index (κ3) is 5.39. The molecule has 25 heavy (non-hydrogen) atoms. The quantitative estimate of drug-likeness (QED) is 0.739. The SMILES string of the molecule is CCc1ccc(CNC(=O)C(NS(=O)(=O)c2cccs2)C(C)C)cc1. The highest BCUT2D eigenvalue weighted by Gasteiger charge is 2.28. The number of benzene rings is 1. The summed E-state index contributed by atoms with van der Waals surface area (Å²) in [5, 5.41) is 4.52. The number of sulfonamides is 1. The van der Waals surface area contributed by atoms with E-state index >= 15 is 0 Å². The van der Waals surface area contributed by atoms with Crippen LogP contribution in [0.1, 0.15) is 31.9 Å². The predicted octanol–water partition coefficient (Wildman–Crippen LogP) is 2.93.